The average Bonchev–Trinajstić information content (AvgIpc) is 2.95. The van der Waals surface area contributed by atoms with E-state index in [2.05, 4.69) is 10.5 Å². The zero-order valence-corrected chi connectivity index (χ0v) is 22.6. The molecule has 1 N–H and O–H groups in total. The molecule has 10 heteroatoms. The van der Waals surface area contributed by atoms with E-state index in [4.69, 9.17) is 37.4 Å². The molecule has 0 atom stereocenters. The predicted molar refractivity (Wildman–Crippen MR) is 152 cm³/mol. The van der Waals surface area contributed by atoms with Gasteiger partial charge in [0.15, 0.2) is 0 Å². The Kier molecular flexibility index (Phi) is 9.51. The number of rotatable bonds is 9. The lowest BCUT2D eigenvalue weighted by molar-refractivity contribution is 0.0732. The molecule has 0 heterocycles. The average molecular weight is 577 g/mol. The van der Waals surface area contributed by atoms with E-state index in [0.717, 1.165) is 0 Å². The summed E-state index contributed by atoms with van der Waals surface area (Å²) in [6.45, 7) is 2.38. The summed E-state index contributed by atoms with van der Waals surface area (Å²) in [6, 6.07) is 23.3. The summed E-state index contributed by atoms with van der Waals surface area (Å²) < 4.78 is 16.4. The topological polar surface area (TPSA) is 103 Å². The Labute approximate surface area is 240 Å². The highest BCUT2D eigenvalue weighted by Crippen LogP contribution is 2.26. The molecule has 1 amide bonds. The fourth-order valence-electron chi connectivity index (χ4n) is 3.36. The van der Waals surface area contributed by atoms with Crippen LogP contribution < -0.4 is 19.6 Å². The molecule has 0 unspecified atom stereocenters. The number of hydrogen-bond donors (Lipinski definition) is 1. The first-order valence-corrected chi connectivity index (χ1v) is 12.7. The summed E-state index contributed by atoms with van der Waals surface area (Å²) in [5.74, 6) is -0.949. The van der Waals surface area contributed by atoms with Crippen LogP contribution in [0.25, 0.3) is 0 Å². The van der Waals surface area contributed by atoms with Crippen molar-refractivity contribution < 1.29 is 28.6 Å². The number of amides is 1. The number of hydrogen-bond acceptors (Lipinski definition) is 7. The first-order chi connectivity index (χ1) is 19.3. The van der Waals surface area contributed by atoms with Crippen LogP contribution in [-0.2, 0) is 0 Å². The van der Waals surface area contributed by atoms with Crippen LogP contribution in [0.2, 0.25) is 10.0 Å². The zero-order chi connectivity index (χ0) is 28.5. The van der Waals surface area contributed by atoms with Crippen LogP contribution in [0.5, 0.6) is 17.2 Å². The Morgan fingerprint density at radius 1 is 0.725 bits per heavy atom. The van der Waals surface area contributed by atoms with Gasteiger partial charge in [0.05, 0.1) is 23.9 Å². The summed E-state index contributed by atoms with van der Waals surface area (Å²) in [4.78, 5) is 37.8. The summed E-state index contributed by atoms with van der Waals surface area (Å²) in [7, 11) is 0. The maximum atomic E-state index is 12.8. The van der Waals surface area contributed by atoms with Gasteiger partial charge < -0.3 is 14.2 Å². The standard InChI is InChI=1S/C30H22Cl2N2O6/c1-2-38-25-14-7-19(8-15-25)28(35)34-33-18-22-9-16-26(39-29(36)20-3-10-23(31)11-4-20)17-27(22)40-30(37)21-5-12-24(32)13-6-21/h3-18H,2H2,1H3,(H,34,35). The normalized spacial score (nSPS) is 10.7. The minimum Gasteiger partial charge on any atom is -0.494 e. The molecule has 0 spiro atoms. The second kappa shape index (κ2) is 13.4. The van der Waals surface area contributed by atoms with E-state index in [0.29, 0.717) is 33.5 Å². The number of carbonyl (C=O) groups is 3. The number of nitrogens with zero attached hydrogens (tertiary/aromatic N) is 1. The first-order valence-electron chi connectivity index (χ1n) is 12.0. The Bertz CT molecular complexity index is 1540. The zero-order valence-electron chi connectivity index (χ0n) is 21.1. The highest BCUT2D eigenvalue weighted by Gasteiger charge is 2.15. The Hall–Kier alpha value is -4.66. The smallest absolute Gasteiger partial charge is 0.343 e. The molecule has 0 radical (unpaired) electrons. The summed E-state index contributed by atoms with van der Waals surface area (Å²) in [5, 5.41) is 4.93. The molecule has 0 saturated carbocycles. The van der Waals surface area contributed by atoms with E-state index in [1.807, 2.05) is 6.92 Å². The van der Waals surface area contributed by atoms with Crippen molar-refractivity contribution in [3.8, 4) is 17.2 Å². The third-order valence-corrected chi connectivity index (χ3v) is 5.86. The van der Waals surface area contributed by atoms with E-state index in [9.17, 15) is 14.4 Å². The van der Waals surface area contributed by atoms with Gasteiger partial charge in [-0.1, -0.05) is 23.2 Å². The molecule has 0 saturated heterocycles. The van der Waals surface area contributed by atoms with Crippen molar-refractivity contribution in [3.63, 3.8) is 0 Å². The van der Waals surface area contributed by atoms with Crippen molar-refractivity contribution >= 4 is 47.3 Å². The van der Waals surface area contributed by atoms with Gasteiger partial charge in [0.2, 0.25) is 0 Å². The Morgan fingerprint density at radius 3 is 1.82 bits per heavy atom. The largest absolute Gasteiger partial charge is 0.494 e. The van der Waals surface area contributed by atoms with Crippen molar-refractivity contribution in [1.29, 1.82) is 0 Å². The molecule has 0 fully saturated rings. The molecule has 4 aromatic rings. The van der Waals surface area contributed by atoms with Crippen LogP contribution in [-0.4, -0.2) is 30.7 Å². The predicted octanol–water partition coefficient (Wildman–Crippen LogP) is 6.59. The quantitative estimate of drug-likeness (QED) is 0.104. The SMILES string of the molecule is CCOc1ccc(C(=O)NN=Cc2ccc(OC(=O)c3ccc(Cl)cc3)cc2OC(=O)c2ccc(Cl)cc2)cc1. The van der Waals surface area contributed by atoms with Crippen LogP contribution in [0.3, 0.4) is 0 Å². The highest BCUT2D eigenvalue weighted by atomic mass is 35.5. The van der Waals surface area contributed by atoms with E-state index in [-0.39, 0.29) is 22.6 Å². The molecule has 8 nitrogen and oxygen atoms in total. The van der Waals surface area contributed by atoms with E-state index in [1.165, 1.54) is 48.7 Å². The van der Waals surface area contributed by atoms with Crippen molar-refractivity contribution in [2.75, 3.05) is 6.61 Å². The van der Waals surface area contributed by atoms with Crippen LogP contribution in [0.15, 0.2) is 96.1 Å². The number of carbonyl (C=O) groups excluding carboxylic acids is 3. The first kappa shape index (κ1) is 28.4. The third kappa shape index (κ3) is 7.69. The van der Waals surface area contributed by atoms with Crippen molar-refractivity contribution in [3.05, 3.63) is 123 Å². The van der Waals surface area contributed by atoms with Crippen LogP contribution >= 0.6 is 23.2 Å². The second-order valence-electron chi connectivity index (χ2n) is 8.15. The Balaban J connectivity index is 1.53. The molecule has 0 aliphatic rings. The fraction of sp³-hybridized carbons (Fsp3) is 0.0667. The van der Waals surface area contributed by atoms with Gasteiger partial charge in [-0.2, -0.15) is 5.10 Å². The number of benzene rings is 4. The molecule has 0 aromatic heterocycles. The molecule has 0 bridgehead atoms. The fourth-order valence-corrected chi connectivity index (χ4v) is 3.62. The lowest BCUT2D eigenvalue weighted by atomic mass is 10.2. The molecule has 4 aromatic carbocycles. The maximum absolute atomic E-state index is 12.8. The third-order valence-electron chi connectivity index (χ3n) is 5.36. The van der Waals surface area contributed by atoms with Gasteiger partial charge in [-0.05, 0) is 91.9 Å². The van der Waals surface area contributed by atoms with Crippen LogP contribution in [0, 0.1) is 0 Å². The molecule has 0 aliphatic heterocycles. The summed E-state index contributed by atoms with van der Waals surface area (Å²) in [6.07, 6.45) is 1.31. The molecule has 40 heavy (non-hydrogen) atoms. The van der Waals surface area contributed by atoms with Crippen molar-refractivity contribution in [1.82, 2.24) is 5.43 Å². The van der Waals surface area contributed by atoms with Gasteiger partial charge in [0.25, 0.3) is 5.91 Å². The van der Waals surface area contributed by atoms with Gasteiger partial charge >= 0.3 is 11.9 Å². The minimum absolute atomic E-state index is 0.0421. The lowest BCUT2D eigenvalue weighted by Crippen LogP contribution is -2.17. The number of ether oxygens (including phenoxy) is 3. The second-order valence-corrected chi connectivity index (χ2v) is 9.02. The van der Waals surface area contributed by atoms with Crippen molar-refractivity contribution in [2.45, 2.75) is 6.92 Å². The Morgan fingerprint density at radius 2 is 1.25 bits per heavy atom. The van der Waals surface area contributed by atoms with E-state index in [1.54, 1.807) is 48.5 Å². The summed E-state index contributed by atoms with van der Waals surface area (Å²) in [5.41, 5.74) is 3.67. The molecular formula is C30H22Cl2N2O6. The molecule has 202 valence electrons. The maximum Gasteiger partial charge on any atom is 0.343 e. The van der Waals surface area contributed by atoms with Crippen molar-refractivity contribution in [2.24, 2.45) is 5.10 Å². The number of hydrazone groups is 1. The molecule has 0 aliphatic carbocycles. The lowest BCUT2D eigenvalue weighted by Gasteiger charge is -2.11. The monoisotopic (exact) mass is 576 g/mol. The number of nitrogens with one attached hydrogen (secondary N) is 1. The number of halogens is 2. The minimum atomic E-state index is -0.675. The van der Waals surface area contributed by atoms with E-state index >= 15 is 0 Å². The van der Waals surface area contributed by atoms with Gasteiger partial charge in [0, 0.05) is 27.2 Å². The molecule has 4 rings (SSSR count). The number of esters is 2. The van der Waals surface area contributed by atoms with E-state index < -0.39 is 17.8 Å². The highest BCUT2D eigenvalue weighted by molar-refractivity contribution is 6.31. The van der Waals surface area contributed by atoms with Crippen LogP contribution in [0.1, 0.15) is 43.6 Å². The van der Waals surface area contributed by atoms with Crippen LogP contribution in [0.4, 0.5) is 0 Å². The van der Waals surface area contributed by atoms with Gasteiger partial charge in [0.1, 0.15) is 17.2 Å². The van der Waals surface area contributed by atoms with Gasteiger partial charge in [-0.3, -0.25) is 4.79 Å². The molecular weight excluding hydrogens is 555 g/mol. The van der Waals surface area contributed by atoms with Gasteiger partial charge in [-0.15, -0.1) is 0 Å². The van der Waals surface area contributed by atoms with Gasteiger partial charge in [-0.25, -0.2) is 15.0 Å². The summed E-state index contributed by atoms with van der Waals surface area (Å²) >= 11 is 11.8.